The number of hydrogen-bond acceptors (Lipinski definition) is 4. The number of benzene rings is 1. The van der Waals surface area contributed by atoms with E-state index in [9.17, 15) is 5.11 Å². The third-order valence-corrected chi connectivity index (χ3v) is 3.94. The van der Waals surface area contributed by atoms with Crippen molar-refractivity contribution in [2.45, 2.75) is 24.9 Å². The predicted molar refractivity (Wildman–Crippen MR) is 79.7 cm³/mol. The molecule has 2 atom stereocenters. The summed E-state index contributed by atoms with van der Waals surface area (Å²) in [7, 11) is 1.58. The number of fused-ring (bicyclic) bond motifs is 1. The predicted octanol–water partition coefficient (Wildman–Crippen LogP) is 3.08. The zero-order chi connectivity index (χ0) is 14.7. The van der Waals surface area contributed by atoms with Gasteiger partial charge in [-0.1, -0.05) is 18.2 Å². The van der Waals surface area contributed by atoms with Crippen LogP contribution in [0.1, 0.15) is 36.0 Å². The van der Waals surface area contributed by atoms with Crippen LogP contribution in [0.4, 0.5) is 0 Å². The average molecular weight is 285 g/mol. The van der Waals surface area contributed by atoms with Crippen LogP contribution >= 0.6 is 0 Å². The molecule has 21 heavy (non-hydrogen) atoms. The van der Waals surface area contributed by atoms with Crippen molar-refractivity contribution in [3.05, 3.63) is 53.7 Å². The lowest BCUT2D eigenvalue weighted by Gasteiger charge is -2.27. The maximum Gasteiger partial charge on any atom is 0.212 e. The fourth-order valence-corrected chi connectivity index (χ4v) is 2.78. The number of aliphatic hydroxyl groups excluding tert-OH is 1. The van der Waals surface area contributed by atoms with Gasteiger partial charge in [-0.25, -0.2) is 4.98 Å². The molecule has 2 aromatic rings. The van der Waals surface area contributed by atoms with Gasteiger partial charge in [-0.2, -0.15) is 0 Å². The molecule has 4 heteroatoms. The number of pyridine rings is 1. The van der Waals surface area contributed by atoms with Gasteiger partial charge in [0.25, 0.3) is 0 Å². The fraction of sp³-hybridized carbons (Fsp3) is 0.353. The minimum absolute atomic E-state index is 0.312. The number of ether oxygens (including phenoxy) is 2. The molecule has 110 valence electrons. The molecule has 1 aromatic carbocycles. The number of aromatic nitrogens is 1. The van der Waals surface area contributed by atoms with Crippen LogP contribution < -0.4 is 9.47 Å². The van der Waals surface area contributed by atoms with Crippen LogP contribution in [0.15, 0.2) is 42.6 Å². The maximum atomic E-state index is 10.4. The van der Waals surface area contributed by atoms with Crippen LogP contribution in [0, 0.1) is 0 Å². The summed E-state index contributed by atoms with van der Waals surface area (Å²) in [6.07, 6.45) is 2.75. The van der Waals surface area contributed by atoms with Gasteiger partial charge >= 0.3 is 0 Å². The average Bonchev–Trinajstić information content (AvgIpc) is 2.55. The van der Waals surface area contributed by atoms with E-state index >= 15 is 0 Å². The summed E-state index contributed by atoms with van der Waals surface area (Å²) in [4.78, 5) is 4.15. The van der Waals surface area contributed by atoms with Crippen molar-refractivity contribution in [1.29, 1.82) is 0 Å². The molecule has 1 N–H and O–H groups in total. The fourth-order valence-electron chi connectivity index (χ4n) is 2.78. The number of methoxy groups -OCH3 is 1. The molecule has 1 aliphatic heterocycles. The van der Waals surface area contributed by atoms with Crippen LogP contribution in [0.5, 0.6) is 11.6 Å². The number of hydrogen-bond donors (Lipinski definition) is 1. The monoisotopic (exact) mass is 285 g/mol. The van der Waals surface area contributed by atoms with Crippen LogP contribution in [-0.4, -0.2) is 23.8 Å². The van der Waals surface area contributed by atoms with Crippen LogP contribution in [0.25, 0.3) is 0 Å². The molecule has 1 aliphatic rings. The quantitative estimate of drug-likeness (QED) is 0.938. The minimum atomic E-state index is -0.528. The first-order valence-corrected chi connectivity index (χ1v) is 7.17. The first-order chi connectivity index (χ1) is 10.3. The van der Waals surface area contributed by atoms with Gasteiger partial charge in [-0.15, -0.1) is 0 Å². The van der Waals surface area contributed by atoms with Crippen LogP contribution in [0.3, 0.4) is 0 Å². The zero-order valence-electron chi connectivity index (χ0n) is 12.0. The van der Waals surface area contributed by atoms with E-state index < -0.39 is 6.10 Å². The van der Waals surface area contributed by atoms with Gasteiger partial charge in [-0.05, 0) is 42.0 Å². The molecule has 4 nitrogen and oxygen atoms in total. The lowest BCUT2D eigenvalue weighted by molar-refractivity contribution is 0.144. The topological polar surface area (TPSA) is 51.6 Å². The minimum Gasteiger partial charge on any atom is -0.493 e. The molecule has 2 heterocycles. The lowest BCUT2D eigenvalue weighted by Crippen LogP contribution is -2.16. The molecular weight excluding hydrogens is 266 g/mol. The summed E-state index contributed by atoms with van der Waals surface area (Å²) < 4.78 is 10.7. The highest BCUT2D eigenvalue weighted by Crippen LogP contribution is 2.38. The normalized spacial score (nSPS) is 18.5. The first kappa shape index (κ1) is 13.9. The Morgan fingerprint density at radius 2 is 2.19 bits per heavy atom. The second-order valence-electron chi connectivity index (χ2n) is 5.26. The number of aliphatic hydroxyl groups is 1. The van der Waals surface area contributed by atoms with Gasteiger partial charge < -0.3 is 14.6 Å². The Labute approximate surface area is 124 Å². The smallest absolute Gasteiger partial charge is 0.212 e. The molecule has 0 bridgehead atoms. The van der Waals surface area contributed by atoms with E-state index in [-0.39, 0.29) is 0 Å². The summed E-state index contributed by atoms with van der Waals surface area (Å²) >= 11 is 0. The SMILES string of the molecule is COc1ccc(C(O)CC2CCOc3ccccc32)cn1. The molecule has 0 saturated heterocycles. The second kappa shape index (κ2) is 6.14. The van der Waals surface area contributed by atoms with Crippen molar-refractivity contribution >= 4 is 0 Å². The Morgan fingerprint density at radius 1 is 1.33 bits per heavy atom. The summed E-state index contributed by atoms with van der Waals surface area (Å²) in [5.74, 6) is 1.81. The van der Waals surface area contributed by atoms with Crippen molar-refractivity contribution < 1.29 is 14.6 Å². The van der Waals surface area contributed by atoms with E-state index in [0.717, 1.165) is 17.7 Å². The summed E-state index contributed by atoms with van der Waals surface area (Å²) in [6, 6.07) is 11.7. The van der Waals surface area contributed by atoms with Gasteiger partial charge in [-0.3, -0.25) is 0 Å². The van der Waals surface area contributed by atoms with E-state index in [2.05, 4.69) is 11.1 Å². The Kier molecular flexibility index (Phi) is 4.06. The van der Waals surface area contributed by atoms with Gasteiger partial charge in [0.1, 0.15) is 5.75 Å². The molecule has 0 fully saturated rings. The molecule has 0 saturated carbocycles. The molecule has 0 radical (unpaired) electrons. The van der Waals surface area contributed by atoms with Crippen molar-refractivity contribution in [2.75, 3.05) is 13.7 Å². The molecular formula is C17H19NO3. The van der Waals surface area contributed by atoms with Gasteiger partial charge in [0.2, 0.25) is 5.88 Å². The van der Waals surface area contributed by atoms with Crippen molar-refractivity contribution in [3.8, 4) is 11.6 Å². The van der Waals surface area contributed by atoms with Crippen molar-refractivity contribution in [2.24, 2.45) is 0 Å². The molecule has 0 spiro atoms. The summed E-state index contributed by atoms with van der Waals surface area (Å²) in [5.41, 5.74) is 2.00. The summed E-state index contributed by atoms with van der Waals surface area (Å²) in [6.45, 7) is 0.704. The van der Waals surface area contributed by atoms with E-state index in [1.54, 1.807) is 19.4 Å². The summed E-state index contributed by atoms with van der Waals surface area (Å²) in [5, 5.41) is 10.4. The van der Waals surface area contributed by atoms with E-state index in [1.807, 2.05) is 24.3 Å². The van der Waals surface area contributed by atoms with E-state index in [0.29, 0.717) is 24.8 Å². The highest BCUT2D eigenvalue weighted by Gasteiger charge is 2.24. The third-order valence-electron chi connectivity index (χ3n) is 3.94. The Morgan fingerprint density at radius 3 is 2.95 bits per heavy atom. The molecule has 0 amide bonds. The molecule has 1 aromatic heterocycles. The zero-order valence-corrected chi connectivity index (χ0v) is 12.0. The van der Waals surface area contributed by atoms with Crippen LogP contribution in [-0.2, 0) is 0 Å². The third kappa shape index (κ3) is 3.00. The van der Waals surface area contributed by atoms with Gasteiger partial charge in [0.05, 0.1) is 19.8 Å². The highest BCUT2D eigenvalue weighted by atomic mass is 16.5. The standard InChI is InChI=1S/C17H19NO3/c1-20-17-7-6-13(11-18-17)15(19)10-12-8-9-21-16-5-3-2-4-14(12)16/h2-7,11-12,15,19H,8-10H2,1H3. The number of rotatable bonds is 4. The molecule has 3 rings (SSSR count). The Hall–Kier alpha value is -2.07. The molecule has 2 unspecified atom stereocenters. The van der Waals surface area contributed by atoms with Crippen LogP contribution in [0.2, 0.25) is 0 Å². The number of nitrogens with zero attached hydrogens (tertiary/aromatic N) is 1. The lowest BCUT2D eigenvalue weighted by atomic mass is 9.87. The second-order valence-corrected chi connectivity index (χ2v) is 5.26. The largest absolute Gasteiger partial charge is 0.493 e. The van der Waals surface area contributed by atoms with Gasteiger partial charge in [0, 0.05) is 12.3 Å². The maximum absolute atomic E-state index is 10.4. The van der Waals surface area contributed by atoms with Crippen molar-refractivity contribution in [1.82, 2.24) is 4.98 Å². The van der Waals surface area contributed by atoms with E-state index in [4.69, 9.17) is 9.47 Å². The highest BCUT2D eigenvalue weighted by molar-refractivity contribution is 5.38. The molecule has 0 aliphatic carbocycles. The first-order valence-electron chi connectivity index (χ1n) is 7.17. The number of para-hydroxylation sites is 1. The van der Waals surface area contributed by atoms with Gasteiger partial charge in [0.15, 0.2) is 0 Å². The Bertz CT molecular complexity index is 597. The Balaban J connectivity index is 1.74. The van der Waals surface area contributed by atoms with Crippen molar-refractivity contribution in [3.63, 3.8) is 0 Å². The van der Waals surface area contributed by atoms with E-state index in [1.165, 1.54) is 5.56 Å².